The van der Waals surface area contributed by atoms with Gasteiger partial charge in [0.25, 0.3) is 0 Å². The number of nitrogens with two attached hydrogens (primary N) is 1. The van der Waals surface area contributed by atoms with Crippen LogP contribution in [0, 0.1) is 0 Å². The number of Topliss-reactive ketones (excluding diaryl/α,β-unsaturated/α-hetero) is 1. The predicted molar refractivity (Wildman–Crippen MR) is 64.3 cm³/mol. The van der Waals surface area contributed by atoms with Crippen LogP contribution in [0.1, 0.15) is 23.7 Å². The summed E-state index contributed by atoms with van der Waals surface area (Å²) in [7, 11) is 0. The quantitative estimate of drug-likeness (QED) is 0.796. The summed E-state index contributed by atoms with van der Waals surface area (Å²) in [6.07, 6.45) is 2.39. The first kappa shape index (κ1) is 10.8. The number of fused-ring (bicyclic) bond motifs is 1. The molecule has 1 unspecified atom stereocenters. The summed E-state index contributed by atoms with van der Waals surface area (Å²) in [6.45, 7) is 1.91. The third-order valence-electron chi connectivity index (χ3n) is 2.66. The van der Waals surface area contributed by atoms with Crippen molar-refractivity contribution in [2.45, 2.75) is 19.4 Å². The summed E-state index contributed by atoms with van der Waals surface area (Å²) in [6, 6.07) is 8.87. The fraction of sp³-hybridized carbons (Fsp3) is 0.231. The first-order valence-electron chi connectivity index (χ1n) is 5.37. The van der Waals surface area contributed by atoms with Crippen molar-refractivity contribution in [1.29, 1.82) is 0 Å². The first-order chi connectivity index (χ1) is 7.72. The molecule has 2 rings (SSSR count). The van der Waals surface area contributed by atoms with Gasteiger partial charge in [0.05, 0.1) is 11.6 Å². The van der Waals surface area contributed by atoms with E-state index in [2.05, 4.69) is 4.98 Å². The molecule has 0 spiro atoms. The van der Waals surface area contributed by atoms with E-state index in [9.17, 15) is 4.79 Å². The predicted octanol–water partition coefficient (Wildman–Crippen LogP) is 2.15. The number of hydrogen-bond donors (Lipinski definition) is 1. The van der Waals surface area contributed by atoms with Crippen molar-refractivity contribution in [3.05, 3.63) is 42.1 Å². The Labute approximate surface area is 94.3 Å². The Morgan fingerprint density at radius 1 is 1.44 bits per heavy atom. The molecule has 1 aromatic carbocycles. The van der Waals surface area contributed by atoms with Crippen LogP contribution in [0.4, 0.5) is 0 Å². The molecule has 1 aromatic heterocycles. The zero-order valence-corrected chi connectivity index (χ0v) is 9.18. The van der Waals surface area contributed by atoms with Gasteiger partial charge in [-0.25, -0.2) is 0 Å². The Morgan fingerprint density at radius 2 is 2.25 bits per heavy atom. The third kappa shape index (κ3) is 1.95. The van der Waals surface area contributed by atoms with Gasteiger partial charge in [-0.15, -0.1) is 0 Å². The molecule has 0 bridgehead atoms. The number of carbonyl (C=O) groups is 1. The van der Waals surface area contributed by atoms with Gasteiger partial charge in [-0.3, -0.25) is 9.78 Å². The average molecular weight is 214 g/mol. The SMILES string of the molecule is CCC(N)C(=O)c1ccc2ncccc2c1. The molecule has 0 amide bonds. The Bertz CT molecular complexity index is 522. The second kappa shape index (κ2) is 4.41. The maximum Gasteiger partial charge on any atom is 0.179 e. The van der Waals surface area contributed by atoms with Crippen LogP contribution < -0.4 is 5.73 Å². The Morgan fingerprint density at radius 3 is 3.00 bits per heavy atom. The largest absolute Gasteiger partial charge is 0.321 e. The number of hydrogen-bond acceptors (Lipinski definition) is 3. The van der Waals surface area contributed by atoms with Crippen molar-refractivity contribution in [3.63, 3.8) is 0 Å². The molecule has 1 atom stereocenters. The lowest BCUT2D eigenvalue weighted by Gasteiger charge is -2.08. The lowest BCUT2D eigenvalue weighted by atomic mass is 10.0. The molecule has 0 aliphatic rings. The fourth-order valence-electron chi connectivity index (χ4n) is 1.63. The lowest BCUT2D eigenvalue weighted by Crippen LogP contribution is -2.29. The maximum atomic E-state index is 11.9. The molecule has 0 saturated carbocycles. The Hall–Kier alpha value is -1.74. The minimum absolute atomic E-state index is 0.00625. The van der Waals surface area contributed by atoms with Crippen LogP contribution in [0.15, 0.2) is 36.5 Å². The van der Waals surface area contributed by atoms with Crippen molar-refractivity contribution < 1.29 is 4.79 Å². The van der Waals surface area contributed by atoms with Crippen LogP contribution in [0.5, 0.6) is 0 Å². The highest BCUT2D eigenvalue weighted by molar-refractivity contribution is 6.02. The minimum Gasteiger partial charge on any atom is -0.321 e. The molecule has 0 aliphatic heterocycles. The molecule has 16 heavy (non-hydrogen) atoms. The highest BCUT2D eigenvalue weighted by atomic mass is 16.1. The topological polar surface area (TPSA) is 56.0 Å². The number of nitrogens with zero attached hydrogens (tertiary/aromatic N) is 1. The van der Waals surface area contributed by atoms with Gasteiger partial charge in [0.15, 0.2) is 5.78 Å². The van der Waals surface area contributed by atoms with E-state index in [0.29, 0.717) is 12.0 Å². The molecular formula is C13H14N2O. The van der Waals surface area contributed by atoms with Crippen LogP contribution in [0.3, 0.4) is 0 Å². The van der Waals surface area contributed by atoms with Gasteiger partial charge in [0.1, 0.15) is 0 Å². The zero-order chi connectivity index (χ0) is 11.5. The molecule has 2 aromatic rings. The van der Waals surface area contributed by atoms with E-state index in [4.69, 9.17) is 5.73 Å². The number of rotatable bonds is 3. The van der Waals surface area contributed by atoms with Crippen LogP contribution >= 0.6 is 0 Å². The van der Waals surface area contributed by atoms with Crippen LogP contribution in [0.2, 0.25) is 0 Å². The summed E-state index contributed by atoms with van der Waals surface area (Å²) in [5.41, 5.74) is 7.28. The summed E-state index contributed by atoms with van der Waals surface area (Å²) < 4.78 is 0. The first-order valence-corrected chi connectivity index (χ1v) is 5.37. The second-order valence-electron chi connectivity index (χ2n) is 3.79. The standard InChI is InChI=1S/C13H14N2O/c1-2-11(14)13(16)10-5-6-12-9(8-10)4-3-7-15-12/h3-8,11H,2,14H2,1H3. The molecular weight excluding hydrogens is 200 g/mol. The van der Waals surface area contributed by atoms with Crippen molar-refractivity contribution in [3.8, 4) is 0 Å². The molecule has 1 heterocycles. The van der Waals surface area contributed by atoms with Gasteiger partial charge >= 0.3 is 0 Å². The zero-order valence-electron chi connectivity index (χ0n) is 9.18. The van der Waals surface area contributed by atoms with E-state index in [-0.39, 0.29) is 5.78 Å². The van der Waals surface area contributed by atoms with Crippen LogP contribution in [0.25, 0.3) is 10.9 Å². The smallest absolute Gasteiger partial charge is 0.179 e. The molecule has 2 N–H and O–H groups in total. The molecule has 0 radical (unpaired) electrons. The van der Waals surface area contributed by atoms with Gasteiger partial charge < -0.3 is 5.73 Å². The number of pyridine rings is 1. The van der Waals surface area contributed by atoms with E-state index < -0.39 is 6.04 Å². The lowest BCUT2D eigenvalue weighted by molar-refractivity contribution is 0.0959. The van der Waals surface area contributed by atoms with Gasteiger partial charge in [-0.05, 0) is 30.7 Å². The molecule has 0 aliphatic carbocycles. The van der Waals surface area contributed by atoms with Gasteiger partial charge in [-0.1, -0.05) is 13.0 Å². The van der Waals surface area contributed by atoms with E-state index in [1.165, 1.54) is 0 Å². The Kier molecular flexibility index (Phi) is 2.97. The summed E-state index contributed by atoms with van der Waals surface area (Å²) >= 11 is 0. The van der Waals surface area contributed by atoms with Gasteiger partial charge in [-0.2, -0.15) is 0 Å². The third-order valence-corrected chi connectivity index (χ3v) is 2.66. The summed E-state index contributed by atoms with van der Waals surface area (Å²) in [5.74, 6) is -0.00625. The minimum atomic E-state index is -0.408. The average Bonchev–Trinajstić information content (AvgIpc) is 2.36. The monoisotopic (exact) mass is 214 g/mol. The van der Waals surface area contributed by atoms with Crippen LogP contribution in [-0.2, 0) is 0 Å². The number of ketones is 1. The van der Waals surface area contributed by atoms with Crippen molar-refractivity contribution >= 4 is 16.7 Å². The number of carbonyl (C=O) groups excluding carboxylic acids is 1. The van der Waals surface area contributed by atoms with E-state index >= 15 is 0 Å². The van der Waals surface area contributed by atoms with E-state index in [1.807, 2.05) is 31.2 Å². The normalized spacial score (nSPS) is 12.6. The highest BCUT2D eigenvalue weighted by Gasteiger charge is 2.13. The molecule has 0 saturated heterocycles. The molecule has 0 fully saturated rings. The van der Waals surface area contributed by atoms with Crippen molar-refractivity contribution in [2.24, 2.45) is 5.73 Å². The second-order valence-corrected chi connectivity index (χ2v) is 3.79. The number of aromatic nitrogens is 1. The molecule has 3 heteroatoms. The van der Waals surface area contributed by atoms with Gasteiger partial charge in [0.2, 0.25) is 0 Å². The van der Waals surface area contributed by atoms with Crippen molar-refractivity contribution in [2.75, 3.05) is 0 Å². The fourth-order valence-corrected chi connectivity index (χ4v) is 1.63. The number of benzene rings is 1. The molecule has 3 nitrogen and oxygen atoms in total. The van der Waals surface area contributed by atoms with E-state index in [0.717, 1.165) is 10.9 Å². The molecule has 82 valence electrons. The Balaban J connectivity index is 2.43. The van der Waals surface area contributed by atoms with E-state index in [1.54, 1.807) is 12.3 Å². The maximum absolute atomic E-state index is 11.9. The summed E-state index contributed by atoms with van der Waals surface area (Å²) in [4.78, 5) is 16.1. The van der Waals surface area contributed by atoms with Gasteiger partial charge in [0, 0.05) is 17.1 Å². The van der Waals surface area contributed by atoms with Crippen molar-refractivity contribution in [1.82, 2.24) is 4.98 Å². The van der Waals surface area contributed by atoms with Crippen LogP contribution in [-0.4, -0.2) is 16.8 Å². The summed E-state index contributed by atoms with van der Waals surface area (Å²) in [5, 5.41) is 0.969. The highest BCUT2D eigenvalue weighted by Crippen LogP contribution is 2.14.